The lowest BCUT2D eigenvalue weighted by molar-refractivity contribution is -0.175. The van der Waals surface area contributed by atoms with Crippen LogP contribution in [-0.2, 0) is 9.59 Å². The molecule has 0 radical (unpaired) electrons. The second-order valence-electron chi connectivity index (χ2n) is 3.49. The van der Waals surface area contributed by atoms with Crippen LogP contribution in [0.2, 0.25) is 0 Å². The first-order valence-corrected chi connectivity index (χ1v) is 4.66. The summed E-state index contributed by atoms with van der Waals surface area (Å²) in [5.74, 6) is -3.38. The van der Waals surface area contributed by atoms with Crippen molar-refractivity contribution in [2.45, 2.75) is 31.1 Å². The first kappa shape index (κ1) is 12.8. The Morgan fingerprint density at radius 2 is 2.00 bits per heavy atom. The molecule has 0 saturated carbocycles. The van der Waals surface area contributed by atoms with Gasteiger partial charge in [0, 0.05) is 0 Å². The first-order valence-electron chi connectivity index (χ1n) is 4.66. The number of aliphatic carboxylic acids is 1. The zero-order valence-electron chi connectivity index (χ0n) is 8.17. The smallest absolute Gasteiger partial charge is 0.471 e. The van der Waals surface area contributed by atoms with E-state index in [0.717, 1.165) is 0 Å². The van der Waals surface area contributed by atoms with Crippen LogP contribution in [0.25, 0.3) is 0 Å². The fraction of sp³-hybridized carbons (Fsp3) is 0.750. The lowest BCUT2D eigenvalue weighted by Crippen LogP contribution is -2.58. The van der Waals surface area contributed by atoms with Gasteiger partial charge in [-0.1, -0.05) is 0 Å². The molecule has 2 atom stereocenters. The maximum absolute atomic E-state index is 12.0. The molecule has 1 rings (SSSR count). The second kappa shape index (κ2) is 4.69. The molecule has 0 aliphatic carbocycles. The van der Waals surface area contributed by atoms with Crippen LogP contribution in [0, 0.1) is 0 Å². The van der Waals surface area contributed by atoms with E-state index in [2.05, 4.69) is 5.32 Å². The number of rotatable bonds is 2. The molecule has 0 aromatic heterocycles. The van der Waals surface area contributed by atoms with Gasteiger partial charge >= 0.3 is 18.1 Å². The number of halogens is 3. The molecule has 0 aromatic rings. The summed E-state index contributed by atoms with van der Waals surface area (Å²) >= 11 is 0. The molecule has 16 heavy (non-hydrogen) atoms. The van der Waals surface area contributed by atoms with Crippen molar-refractivity contribution in [1.29, 1.82) is 0 Å². The van der Waals surface area contributed by atoms with Crippen molar-refractivity contribution in [2.75, 3.05) is 6.54 Å². The highest BCUT2D eigenvalue weighted by Crippen LogP contribution is 2.17. The van der Waals surface area contributed by atoms with E-state index in [1.54, 1.807) is 5.32 Å². The number of carboxylic acids is 1. The fourth-order valence-electron chi connectivity index (χ4n) is 1.55. The molecule has 92 valence electrons. The summed E-state index contributed by atoms with van der Waals surface area (Å²) in [6.07, 6.45) is -4.25. The number of nitrogens with one attached hydrogen (secondary N) is 2. The molecule has 8 heteroatoms. The van der Waals surface area contributed by atoms with Gasteiger partial charge < -0.3 is 15.7 Å². The van der Waals surface area contributed by atoms with Gasteiger partial charge in [0.25, 0.3) is 0 Å². The topological polar surface area (TPSA) is 78.4 Å². The highest BCUT2D eigenvalue weighted by atomic mass is 19.4. The zero-order chi connectivity index (χ0) is 12.3. The van der Waals surface area contributed by atoms with Gasteiger partial charge in [0.05, 0.1) is 6.04 Å². The Kier molecular flexibility index (Phi) is 3.74. The summed E-state index contributed by atoms with van der Waals surface area (Å²) in [6, 6.07) is -2.19. The molecular weight excluding hydrogens is 229 g/mol. The Labute approximate surface area is 89.0 Å². The molecule has 5 nitrogen and oxygen atoms in total. The third-order valence-corrected chi connectivity index (χ3v) is 2.30. The summed E-state index contributed by atoms with van der Waals surface area (Å²) in [5, 5.41) is 13.0. The van der Waals surface area contributed by atoms with E-state index < -0.39 is 30.1 Å². The van der Waals surface area contributed by atoms with Crippen molar-refractivity contribution in [3.63, 3.8) is 0 Å². The highest BCUT2D eigenvalue weighted by molar-refractivity contribution is 5.83. The number of carbonyl (C=O) groups is 2. The summed E-state index contributed by atoms with van der Waals surface area (Å²) in [5.41, 5.74) is 0. The van der Waals surface area contributed by atoms with Crippen LogP contribution in [0.15, 0.2) is 0 Å². The van der Waals surface area contributed by atoms with Gasteiger partial charge in [-0.15, -0.1) is 0 Å². The average molecular weight is 240 g/mol. The number of amides is 1. The minimum Gasteiger partial charge on any atom is -0.480 e. The SMILES string of the molecule is O=C(O)[C@@H]1NCCC[C@H]1NC(=O)C(F)(F)F. The number of alkyl halides is 3. The highest BCUT2D eigenvalue weighted by Gasteiger charge is 2.42. The van der Waals surface area contributed by atoms with Crippen LogP contribution in [0.4, 0.5) is 13.2 Å². The largest absolute Gasteiger partial charge is 0.480 e. The maximum Gasteiger partial charge on any atom is 0.471 e. The summed E-state index contributed by atoms with van der Waals surface area (Å²) < 4.78 is 35.9. The predicted octanol–water partition coefficient (Wildman–Crippen LogP) is -0.130. The van der Waals surface area contributed by atoms with Gasteiger partial charge in [-0.05, 0) is 19.4 Å². The van der Waals surface area contributed by atoms with E-state index in [1.807, 2.05) is 0 Å². The van der Waals surface area contributed by atoms with Crippen molar-refractivity contribution in [3.05, 3.63) is 0 Å². The van der Waals surface area contributed by atoms with E-state index in [9.17, 15) is 22.8 Å². The number of hydrogen-bond donors (Lipinski definition) is 3. The minimum absolute atomic E-state index is 0.214. The van der Waals surface area contributed by atoms with Crippen molar-refractivity contribution in [2.24, 2.45) is 0 Å². The van der Waals surface area contributed by atoms with E-state index in [-0.39, 0.29) is 6.42 Å². The Morgan fingerprint density at radius 3 is 2.50 bits per heavy atom. The van der Waals surface area contributed by atoms with E-state index >= 15 is 0 Å². The van der Waals surface area contributed by atoms with Crippen LogP contribution < -0.4 is 10.6 Å². The zero-order valence-corrected chi connectivity index (χ0v) is 8.17. The van der Waals surface area contributed by atoms with Crippen molar-refractivity contribution >= 4 is 11.9 Å². The van der Waals surface area contributed by atoms with Crippen LogP contribution in [0.3, 0.4) is 0 Å². The molecule has 1 amide bonds. The molecule has 1 fully saturated rings. The molecule has 0 bridgehead atoms. The van der Waals surface area contributed by atoms with Gasteiger partial charge in [0.1, 0.15) is 6.04 Å². The Balaban J connectivity index is 2.63. The molecule has 0 aromatic carbocycles. The van der Waals surface area contributed by atoms with Crippen LogP contribution >= 0.6 is 0 Å². The number of piperidine rings is 1. The quantitative estimate of drug-likeness (QED) is 0.628. The molecule has 3 N–H and O–H groups in total. The predicted molar refractivity (Wildman–Crippen MR) is 46.6 cm³/mol. The summed E-state index contributed by atoms with van der Waals surface area (Å²) in [6.45, 7) is 0.412. The fourth-order valence-corrected chi connectivity index (χ4v) is 1.55. The van der Waals surface area contributed by atoms with E-state index in [1.165, 1.54) is 0 Å². The number of carbonyl (C=O) groups excluding carboxylic acids is 1. The van der Waals surface area contributed by atoms with E-state index in [4.69, 9.17) is 5.11 Å². The summed E-state index contributed by atoms with van der Waals surface area (Å²) in [7, 11) is 0. The van der Waals surface area contributed by atoms with Gasteiger partial charge in [-0.2, -0.15) is 13.2 Å². The number of carboxylic acid groups (broad SMARTS) is 1. The monoisotopic (exact) mass is 240 g/mol. The molecule has 1 aliphatic heterocycles. The Morgan fingerprint density at radius 1 is 1.38 bits per heavy atom. The standard InChI is InChI=1S/C8H11F3N2O3/c9-8(10,11)7(16)13-4-2-1-3-12-5(4)6(14)15/h4-5,12H,1-3H2,(H,13,16)(H,14,15)/t4-,5-/m1/s1. The third-order valence-electron chi connectivity index (χ3n) is 2.30. The molecule has 1 heterocycles. The van der Waals surface area contributed by atoms with Crippen LogP contribution in [-0.4, -0.2) is 41.8 Å². The molecule has 0 unspecified atom stereocenters. The molecule has 1 saturated heterocycles. The molecule has 1 aliphatic rings. The lowest BCUT2D eigenvalue weighted by atomic mass is 9.98. The third kappa shape index (κ3) is 3.09. The van der Waals surface area contributed by atoms with Gasteiger partial charge in [0.15, 0.2) is 0 Å². The first-order chi connectivity index (χ1) is 7.32. The molecular formula is C8H11F3N2O3. The second-order valence-corrected chi connectivity index (χ2v) is 3.49. The van der Waals surface area contributed by atoms with Gasteiger partial charge in [0.2, 0.25) is 0 Å². The van der Waals surface area contributed by atoms with Crippen molar-refractivity contribution in [3.8, 4) is 0 Å². The van der Waals surface area contributed by atoms with Gasteiger partial charge in [-0.3, -0.25) is 9.59 Å². The Bertz CT molecular complexity index is 293. The van der Waals surface area contributed by atoms with E-state index in [0.29, 0.717) is 13.0 Å². The molecule has 0 spiro atoms. The van der Waals surface area contributed by atoms with Crippen LogP contribution in [0.1, 0.15) is 12.8 Å². The summed E-state index contributed by atoms with van der Waals surface area (Å²) in [4.78, 5) is 21.3. The maximum atomic E-state index is 12.0. The minimum atomic E-state index is -4.99. The lowest BCUT2D eigenvalue weighted by Gasteiger charge is -2.30. The van der Waals surface area contributed by atoms with Crippen molar-refractivity contribution in [1.82, 2.24) is 10.6 Å². The average Bonchev–Trinajstić information content (AvgIpc) is 2.16. The van der Waals surface area contributed by atoms with Gasteiger partial charge in [-0.25, -0.2) is 0 Å². The van der Waals surface area contributed by atoms with Crippen molar-refractivity contribution < 1.29 is 27.9 Å². The van der Waals surface area contributed by atoms with Crippen LogP contribution in [0.5, 0.6) is 0 Å². The number of hydrogen-bond acceptors (Lipinski definition) is 3. The normalized spacial score (nSPS) is 26.2. The Hall–Kier alpha value is -1.31.